The number of halogens is 1. The number of fused-ring (bicyclic) bond motifs is 1. The molecule has 0 radical (unpaired) electrons. The minimum Gasteiger partial charge on any atom is -0.495 e. The van der Waals surface area contributed by atoms with Crippen LogP contribution in [0.3, 0.4) is 0 Å². The van der Waals surface area contributed by atoms with Gasteiger partial charge in [-0.3, -0.25) is 4.79 Å². The van der Waals surface area contributed by atoms with Gasteiger partial charge in [0.2, 0.25) is 5.91 Å². The second-order valence-electron chi connectivity index (χ2n) is 5.12. The number of methoxy groups -OCH3 is 1. The maximum Gasteiger partial charge on any atom is 0.234 e. The third-order valence-electron chi connectivity index (χ3n) is 3.51. The number of anilines is 1. The van der Waals surface area contributed by atoms with Gasteiger partial charge in [0, 0.05) is 12.1 Å². The lowest BCUT2D eigenvalue weighted by molar-refractivity contribution is -0.113. The van der Waals surface area contributed by atoms with Crippen molar-refractivity contribution in [2.75, 3.05) is 18.2 Å². The number of aromatic nitrogens is 2. The maximum absolute atomic E-state index is 12.2. The van der Waals surface area contributed by atoms with E-state index in [2.05, 4.69) is 10.3 Å². The number of aryl methyl sites for hydroxylation is 1. The summed E-state index contributed by atoms with van der Waals surface area (Å²) in [6.45, 7) is 0. The molecule has 0 aliphatic rings. The summed E-state index contributed by atoms with van der Waals surface area (Å²) in [4.78, 5) is 16.8. The van der Waals surface area contributed by atoms with Crippen molar-refractivity contribution in [3.05, 3.63) is 47.5 Å². The lowest BCUT2D eigenvalue weighted by Gasteiger charge is -2.10. The molecule has 3 rings (SSSR count). The van der Waals surface area contributed by atoms with Crippen molar-refractivity contribution < 1.29 is 9.53 Å². The summed E-state index contributed by atoms with van der Waals surface area (Å²) in [5, 5.41) is 4.15. The van der Waals surface area contributed by atoms with E-state index in [4.69, 9.17) is 16.3 Å². The lowest BCUT2D eigenvalue weighted by atomic mass is 10.3. The zero-order valence-electron chi connectivity index (χ0n) is 13.2. The highest BCUT2D eigenvalue weighted by Crippen LogP contribution is 2.28. The van der Waals surface area contributed by atoms with E-state index in [1.165, 1.54) is 11.8 Å². The van der Waals surface area contributed by atoms with Gasteiger partial charge in [-0.05, 0) is 30.3 Å². The van der Waals surface area contributed by atoms with Crippen molar-refractivity contribution in [1.29, 1.82) is 0 Å². The molecule has 3 aromatic rings. The Morgan fingerprint density at radius 1 is 1.33 bits per heavy atom. The predicted octanol–water partition coefficient (Wildman–Crippen LogP) is 3.97. The predicted molar refractivity (Wildman–Crippen MR) is 98.1 cm³/mol. The maximum atomic E-state index is 12.2. The number of hydrogen-bond donors (Lipinski definition) is 1. The SMILES string of the molecule is COc1ccc(Cl)cc1NC(=O)CSc1nc2ccccc2n1C. The van der Waals surface area contributed by atoms with Crippen LogP contribution in [0.25, 0.3) is 11.0 Å². The highest BCUT2D eigenvalue weighted by molar-refractivity contribution is 7.99. The third-order valence-corrected chi connectivity index (χ3v) is 4.78. The van der Waals surface area contributed by atoms with Crippen LogP contribution in [0.1, 0.15) is 0 Å². The lowest BCUT2D eigenvalue weighted by Crippen LogP contribution is -2.15. The Bertz CT molecular complexity index is 895. The number of imidazole rings is 1. The Balaban J connectivity index is 1.69. The standard InChI is InChI=1S/C17H16ClN3O2S/c1-21-14-6-4-3-5-12(14)20-17(21)24-10-16(22)19-13-9-11(18)7-8-15(13)23-2/h3-9H,10H2,1-2H3,(H,19,22). The van der Waals surface area contributed by atoms with Crippen LogP contribution in [0, 0.1) is 0 Å². The van der Waals surface area contributed by atoms with Gasteiger partial charge in [0.25, 0.3) is 0 Å². The molecule has 0 fully saturated rings. The monoisotopic (exact) mass is 361 g/mol. The van der Waals surface area contributed by atoms with Gasteiger partial charge in [-0.15, -0.1) is 0 Å². The number of nitrogens with zero attached hydrogens (tertiary/aromatic N) is 2. The molecule has 0 bridgehead atoms. The summed E-state index contributed by atoms with van der Waals surface area (Å²) in [6.07, 6.45) is 0. The Morgan fingerprint density at radius 2 is 2.12 bits per heavy atom. The summed E-state index contributed by atoms with van der Waals surface area (Å²) >= 11 is 7.35. The van der Waals surface area contributed by atoms with Gasteiger partial charge < -0.3 is 14.6 Å². The zero-order chi connectivity index (χ0) is 17.1. The van der Waals surface area contributed by atoms with E-state index in [1.54, 1.807) is 25.3 Å². The Kier molecular flexibility index (Phi) is 4.97. The fraction of sp³-hybridized carbons (Fsp3) is 0.176. The van der Waals surface area contributed by atoms with Gasteiger partial charge in [0.1, 0.15) is 5.75 Å². The molecule has 1 N–H and O–H groups in total. The minimum atomic E-state index is -0.146. The van der Waals surface area contributed by atoms with E-state index in [9.17, 15) is 4.79 Å². The number of thioether (sulfide) groups is 1. The Hall–Kier alpha value is -2.18. The van der Waals surface area contributed by atoms with E-state index in [1.807, 2.05) is 35.9 Å². The molecule has 0 spiro atoms. The van der Waals surface area contributed by atoms with Crippen molar-refractivity contribution in [3.63, 3.8) is 0 Å². The van der Waals surface area contributed by atoms with Crippen molar-refractivity contribution in [1.82, 2.24) is 9.55 Å². The molecule has 124 valence electrons. The van der Waals surface area contributed by atoms with E-state index in [0.717, 1.165) is 16.2 Å². The molecule has 2 aromatic carbocycles. The fourth-order valence-electron chi connectivity index (χ4n) is 2.35. The van der Waals surface area contributed by atoms with E-state index in [0.29, 0.717) is 16.5 Å². The highest BCUT2D eigenvalue weighted by atomic mass is 35.5. The van der Waals surface area contributed by atoms with Crippen LogP contribution in [-0.2, 0) is 11.8 Å². The Labute approximate surface area is 149 Å². The first-order valence-electron chi connectivity index (χ1n) is 7.26. The van der Waals surface area contributed by atoms with Crippen molar-refractivity contribution in [3.8, 4) is 5.75 Å². The smallest absolute Gasteiger partial charge is 0.234 e. The van der Waals surface area contributed by atoms with Gasteiger partial charge in [0.05, 0.1) is 29.6 Å². The van der Waals surface area contributed by atoms with Crippen LogP contribution in [-0.4, -0.2) is 28.3 Å². The quantitative estimate of drug-likeness (QED) is 0.699. The van der Waals surface area contributed by atoms with Gasteiger partial charge in [-0.25, -0.2) is 4.98 Å². The highest BCUT2D eigenvalue weighted by Gasteiger charge is 2.12. The number of carbonyl (C=O) groups is 1. The second kappa shape index (κ2) is 7.15. The van der Waals surface area contributed by atoms with Crippen LogP contribution < -0.4 is 10.1 Å². The number of carbonyl (C=O) groups excluding carboxylic acids is 1. The minimum absolute atomic E-state index is 0.146. The van der Waals surface area contributed by atoms with Gasteiger partial charge in [-0.1, -0.05) is 35.5 Å². The zero-order valence-corrected chi connectivity index (χ0v) is 14.8. The molecule has 1 aromatic heterocycles. The van der Waals surface area contributed by atoms with Crippen molar-refractivity contribution >= 4 is 46.0 Å². The number of benzene rings is 2. The summed E-state index contributed by atoms with van der Waals surface area (Å²) in [5.41, 5.74) is 2.51. The topological polar surface area (TPSA) is 56.1 Å². The molecular formula is C17H16ClN3O2S. The van der Waals surface area contributed by atoms with Crippen LogP contribution >= 0.6 is 23.4 Å². The van der Waals surface area contributed by atoms with E-state index < -0.39 is 0 Å². The average molecular weight is 362 g/mol. The molecule has 0 atom stereocenters. The molecule has 0 unspecified atom stereocenters. The summed E-state index contributed by atoms with van der Waals surface area (Å²) in [6, 6.07) is 13.0. The van der Waals surface area contributed by atoms with E-state index >= 15 is 0 Å². The van der Waals surface area contributed by atoms with Crippen molar-refractivity contribution in [2.45, 2.75) is 5.16 Å². The van der Waals surface area contributed by atoms with Crippen LogP contribution in [0.2, 0.25) is 5.02 Å². The molecule has 0 aliphatic heterocycles. The molecular weight excluding hydrogens is 346 g/mol. The number of rotatable bonds is 5. The number of nitrogens with one attached hydrogen (secondary N) is 1. The van der Waals surface area contributed by atoms with Crippen LogP contribution in [0.15, 0.2) is 47.6 Å². The van der Waals surface area contributed by atoms with E-state index in [-0.39, 0.29) is 11.7 Å². The second-order valence-corrected chi connectivity index (χ2v) is 6.50. The summed E-state index contributed by atoms with van der Waals surface area (Å²) < 4.78 is 7.21. The molecule has 24 heavy (non-hydrogen) atoms. The van der Waals surface area contributed by atoms with Crippen LogP contribution in [0.4, 0.5) is 5.69 Å². The molecule has 0 aliphatic carbocycles. The molecule has 1 heterocycles. The molecule has 7 heteroatoms. The van der Waals surface area contributed by atoms with Gasteiger partial charge >= 0.3 is 0 Å². The number of amides is 1. The largest absolute Gasteiger partial charge is 0.495 e. The first kappa shape index (κ1) is 16.7. The summed E-state index contributed by atoms with van der Waals surface area (Å²) in [7, 11) is 3.49. The van der Waals surface area contributed by atoms with Crippen molar-refractivity contribution in [2.24, 2.45) is 7.05 Å². The van der Waals surface area contributed by atoms with Crippen LogP contribution in [0.5, 0.6) is 5.75 Å². The fourth-order valence-corrected chi connectivity index (χ4v) is 3.31. The number of para-hydroxylation sites is 2. The molecule has 0 saturated carbocycles. The molecule has 0 saturated heterocycles. The normalized spacial score (nSPS) is 10.8. The summed E-state index contributed by atoms with van der Waals surface area (Å²) in [5.74, 6) is 0.667. The number of ether oxygens (including phenoxy) is 1. The first-order valence-corrected chi connectivity index (χ1v) is 8.62. The third kappa shape index (κ3) is 3.49. The molecule has 5 nitrogen and oxygen atoms in total. The molecule has 1 amide bonds. The first-order chi connectivity index (χ1) is 11.6. The number of hydrogen-bond acceptors (Lipinski definition) is 4. The van der Waals surface area contributed by atoms with Gasteiger partial charge in [0.15, 0.2) is 5.16 Å². The average Bonchev–Trinajstić information content (AvgIpc) is 2.90. The van der Waals surface area contributed by atoms with Gasteiger partial charge in [-0.2, -0.15) is 0 Å². The Morgan fingerprint density at radius 3 is 2.88 bits per heavy atom.